The van der Waals surface area contributed by atoms with Crippen molar-refractivity contribution in [3.8, 4) is 11.4 Å². The molecule has 150 valence electrons. The Labute approximate surface area is 162 Å². The van der Waals surface area contributed by atoms with Gasteiger partial charge in [0.1, 0.15) is 11.3 Å². The Bertz CT molecular complexity index is 854. The molecule has 2 N–H and O–H groups in total. The fraction of sp³-hybridized carbons (Fsp3) is 0.474. The quantitative estimate of drug-likeness (QED) is 0.774. The number of nitrogens with one attached hydrogen (secondary N) is 1. The first kappa shape index (κ1) is 19.8. The van der Waals surface area contributed by atoms with Crippen molar-refractivity contribution >= 4 is 11.9 Å². The van der Waals surface area contributed by atoms with Gasteiger partial charge in [-0.25, -0.2) is 9.48 Å². The number of nitrogens with zero attached hydrogens (tertiary/aromatic N) is 3. The van der Waals surface area contributed by atoms with Crippen LogP contribution in [0.5, 0.6) is 5.75 Å². The Hall–Kier alpha value is -2.94. The fourth-order valence-corrected chi connectivity index (χ4v) is 3.11. The van der Waals surface area contributed by atoms with E-state index < -0.39 is 17.4 Å². The van der Waals surface area contributed by atoms with Crippen LogP contribution < -0.4 is 10.1 Å². The molecule has 1 aliphatic heterocycles. The van der Waals surface area contributed by atoms with Crippen LogP contribution in [0.3, 0.4) is 0 Å². The average Bonchev–Trinajstić information content (AvgIpc) is 3.04. The molecule has 1 saturated heterocycles. The van der Waals surface area contributed by atoms with Gasteiger partial charge in [0.15, 0.2) is 5.69 Å². The van der Waals surface area contributed by atoms with Gasteiger partial charge < -0.3 is 19.9 Å². The molecule has 3 rings (SSSR count). The maximum Gasteiger partial charge on any atom is 0.329 e. The zero-order valence-electron chi connectivity index (χ0n) is 16.1. The van der Waals surface area contributed by atoms with E-state index in [2.05, 4.69) is 15.6 Å². The Morgan fingerprint density at radius 3 is 2.46 bits per heavy atom. The second kappa shape index (κ2) is 7.97. The van der Waals surface area contributed by atoms with Gasteiger partial charge in [-0.2, -0.15) is 0 Å². The average molecular weight is 388 g/mol. The van der Waals surface area contributed by atoms with Crippen molar-refractivity contribution in [2.24, 2.45) is 0 Å². The minimum atomic E-state index is -1.35. The maximum absolute atomic E-state index is 12.7. The number of hydrogen-bond donors (Lipinski definition) is 2. The van der Waals surface area contributed by atoms with Crippen LogP contribution in [0.4, 0.5) is 0 Å². The van der Waals surface area contributed by atoms with E-state index in [0.29, 0.717) is 5.69 Å². The molecule has 28 heavy (non-hydrogen) atoms. The lowest BCUT2D eigenvalue weighted by Gasteiger charge is -2.33. The number of ether oxygens (including phenoxy) is 2. The van der Waals surface area contributed by atoms with E-state index in [1.165, 1.54) is 4.68 Å². The van der Waals surface area contributed by atoms with E-state index in [4.69, 9.17) is 9.47 Å². The topological polar surface area (TPSA) is 116 Å². The van der Waals surface area contributed by atoms with Crippen LogP contribution in [-0.4, -0.2) is 56.8 Å². The lowest BCUT2D eigenvalue weighted by atomic mass is 9.90. The largest absolute Gasteiger partial charge is 0.491 e. The summed E-state index contributed by atoms with van der Waals surface area (Å²) in [6.07, 6.45) is 0.484. The van der Waals surface area contributed by atoms with E-state index in [1.54, 1.807) is 6.92 Å². The maximum atomic E-state index is 12.7. The number of carbonyl (C=O) groups excluding carboxylic acids is 1. The van der Waals surface area contributed by atoms with Crippen molar-refractivity contribution in [3.05, 3.63) is 35.7 Å². The number of rotatable bonds is 6. The molecular weight excluding hydrogens is 364 g/mol. The highest BCUT2D eigenvalue weighted by Gasteiger charge is 2.42. The third-order valence-electron chi connectivity index (χ3n) is 4.67. The lowest BCUT2D eigenvalue weighted by Crippen LogP contribution is -2.57. The van der Waals surface area contributed by atoms with Crippen LogP contribution >= 0.6 is 0 Å². The van der Waals surface area contributed by atoms with Crippen LogP contribution in [0.1, 0.15) is 42.9 Å². The summed E-state index contributed by atoms with van der Waals surface area (Å²) in [5, 5.41) is 20.2. The second-order valence-electron chi connectivity index (χ2n) is 7.05. The van der Waals surface area contributed by atoms with Crippen LogP contribution in [0.15, 0.2) is 24.3 Å². The van der Waals surface area contributed by atoms with Gasteiger partial charge in [0.05, 0.1) is 17.5 Å². The first-order valence-corrected chi connectivity index (χ1v) is 9.15. The van der Waals surface area contributed by atoms with Gasteiger partial charge in [0.25, 0.3) is 5.91 Å². The normalized spacial score (nSPS) is 16.0. The molecule has 2 heterocycles. The minimum absolute atomic E-state index is 0.0704. The Morgan fingerprint density at radius 1 is 1.25 bits per heavy atom. The van der Waals surface area contributed by atoms with E-state index in [9.17, 15) is 14.7 Å². The molecule has 0 radical (unpaired) electrons. The van der Waals surface area contributed by atoms with E-state index in [-0.39, 0.29) is 37.9 Å². The summed E-state index contributed by atoms with van der Waals surface area (Å²) in [6.45, 7) is 6.17. The molecular formula is C19H24N4O5. The molecule has 0 spiro atoms. The van der Waals surface area contributed by atoms with Crippen LogP contribution in [-0.2, 0) is 9.53 Å². The SMILES string of the molecule is Cc1c(C(=O)NC2(C(=O)O)CCOCC2)nnn1-c1ccc(OC(C)C)cc1. The van der Waals surface area contributed by atoms with Crippen LogP contribution in [0.25, 0.3) is 5.69 Å². The molecule has 1 aromatic carbocycles. The molecule has 0 aliphatic carbocycles. The fourth-order valence-electron chi connectivity index (χ4n) is 3.11. The van der Waals surface area contributed by atoms with Crippen molar-refractivity contribution in [1.82, 2.24) is 20.3 Å². The third kappa shape index (κ3) is 3.99. The van der Waals surface area contributed by atoms with E-state index in [0.717, 1.165) is 11.4 Å². The molecule has 2 aromatic rings. The third-order valence-corrected chi connectivity index (χ3v) is 4.67. The highest BCUT2D eigenvalue weighted by molar-refractivity contribution is 5.97. The number of aromatic nitrogens is 3. The van der Waals surface area contributed by atoms with Crippen molar-refractivity contribution in [3.63, 3.8) is 0 Å². The monoisotopic (exact) mass is 388 g/mol. The Balaban J connectivity index is 1.80. The van der Waals surface area contributed by atoms with Gasteiger partial charge in [-0.3, -0.25) is 4.79 Å². The van der Waals surface area contributed by atoms with Crippen LogP contribution in [0.2, 0.25) is 0 Å². The first-order chi connectivity index (χ1) is 13.3. The summed E-state index contributed by atoms with van der Waals surface area (Å²) in [7, 11) is 0. The number of carbonyl (C=O) groups is 2. The number of aliphatic carboxylic acids is 1. The van der Waals surface area contributed by atoms with E-state index in [1.807, 2.05) is 38.1 Å². The molecule has 9 nitrogen and oxygen atoms in total. The van der Waals surface area contributed by atoms with Gasteiger partial charge in [0.2, 0.25) is 0 Å². The zero-order valence-corrected chi connectivity index (χ0v) is 16.1. The lowest BCUT2D eigenvalue weighted by molar-refractivity contribution is -0.148. The van der Waals surface area contributed by atoms with Gasteiger partial charge in [-0.15, -0.1) is 5.10 Å². The summed E-state index contributed by atoms with van der Waals surface area (Å²) in [4.78, 5) is 24.5. The number of benzene rings is 1. The zero-order chi connectivity index (χ0) is 20.3. The molecule has 1 amide bonds. The van der Waals surface area contributed by atoms with Gasteiger partial charge in [-0.1, -0.05) is 5.21 Å². The summed E-state index contributed by atoms with van der Waals surface area (Å²) in [6, 6.07) is 7.27. The number of hydrogen-bond acceptors (Lipinski definition) is 6. The number of amides is 1. The van der Waals surface area contributed by atoms with E-state index >= 15 is 0 Å². The van der Waals surface area contributed by atoms with Crippen LogP contribution in [0, 0.1) is 6.92 Å². The predicted molar refractivity (Wildman–Crippen MR) is 99.7 cm³/mol. The van der Waals surface area contributed by atoms with Gasteiger partial charge in [-0.05, 0) is 45.0 Å². The summed E-state index contributed by atoms with van der Waals surface area (Å²) < 4.78 is 12.4. The Kier molecular flexibility index (Phi) is 5.64. The molecule has 0 unspecified atom stereocenters. The molecule has 1 aromatic heterocycles. The molecule has 0 bridgehead atoms. The molecule has 9 heteroatoms. The van der Waals surface area contributed by atoms with Crippen molar-refractivity contribution in [2.75, 3.05) is 13.2 Å². The van der Waals surface area contributed by atoms with Crippen molar-refractivity contribution < 1.29 is 24.2 Å². The predicted octanol–water partition coefficient (Wildman–Crippen LogP) is 1.73. The smallest absolute Gasteiger partial charge is 0.329 e. The Morgan fingerprint density at radius 2 is 1.89 bits per heavy atom. The molecule has 0 saturated carbocycles. The van der Waals surface area contributed by atoms with Gasteiger partial charge in [0, 0.05) is 26.1 Å². The summed E-state index contributed by atoms with van der Waals surface area (Å²) in [5.41, 5.74) is -0.0158. The summed E-state index contributed by atoms with van der Waals surface area (Å²) >= 11 is 0. The highest BCUT2D eigenvalue weighted by atomic mass is 16.5. The minimum Gasteiger partial charge on any atom is -0.491 e. The summed E-state index contributed by atoms with van der Waals surface area (Å²) in [5.74, 6) is -0.903. The van der Waals surface area contributed by atoms with Crippen molar-refractivity contribution in [1.29, 1.82) is 0 Å². The standard InChI is InChI=1S/C19H24N4O5/c1-12(2)28-15-6-4-14(5-7-15)23-13(3)16(21-22-23)17(24)20-19(18(25)26)8-10-27-11-9-19/h4-7,12H,8-11H2,1-3H3,(H,20,24)(H,25,26). The number of carboxylic acid groups (broad SMARTS) is 1. The molecule has 1 fully saturated rings. The number of carboxylic acids is 1. The molecule has 0 atom stereocenters. The molecule has 1 aliphatic rings. The van der Waals surface area contributed by atoms with Crippen molar-refractivity contribution in [2.45, 2.75) is 45.3 Å². The highest BCUT2D eigenvalue weighted by Crippen LogP contribution is 2.23. The second-order valence-corrected chi connectivity index (χ2v) is 7.05. The first-order valence-electron chi connectivity index (χ1n) is 9.15. The van der Waals surface area contributed by atoms with Gasteiger partial charge >= 0.3 is 5.97 Å².